The second-order valence-corrected chi connectivity index (χ2v) is 3.59. The van der Waals surface area contributed by atoms with Crippen molar-refractivity contribution in [1.82, 2.24) is 4.98 Å². The number of nitrogens with zero attached hydrogens (tertiary/aromatic N) is 2. The van der Waals surface area contributed by atoms with Crippen molar-refractivity contribution in [3.05, 3.63) is 42.1 Å². The third kappa shape index (κ3) is 2.33. The van der Waals surface area contributed by atoms with Crippen LogP contribution in [0, 0.1) is 11.3 Å². The zero-order valence-corrected chi connectivity index (χ0v) is 9.84. The van der Waals surface area contributed by atoms with E-state index in [2.05, 4.69) is 16.4 Å². The fraction of sp³-hybridized carbons (Fsp3) is 0.0769. The van der Waals surface area contributed by atoms with Crippen molar-refractivity contribution in [1.29, 1.82) is 5.26 Å². The van der Waals surface area contributed by atoms with E-state index in [1.807, 2.05) is 24.3 Å². The van der Waals surface area contributed by atoms with Crippen LogP contribution in [0.5, 0.6) is 5.75 Å². The van der Waals surface area contributed by atoms with Crippen LogP contribution in [0.1, 0.15) is 5.56 Å². The molecule has 0 saturated carbocycles. The maximum Gasteiger partial charge on any atom is 0.142 e. The van der Waals surface area contributed by atoms with Gasteiger partial charge in [0.2, 0.25) is 0 Å². The Hall–Kier alpha value is -2.74. The molecule has 5 nitrogen and oxygen atoms in total. The molecule has 3 N–H and O–H groups in total. The number of benzene rings is 1. The number of aromatic nitrogens is 1. The lowest BCUT2D eigenvalue weighted by Gasteiger charge is -2.12. The van der Waals surface area contributed by atoms with Crippen molar-refractivity contribution in [3.8, 4) is 11.8 Å². The summed E-state index contributed by atoms with van der Waals surface area (Å²) in [7, 11) is 1.59. The van der Waals surface area contributed by atoms with E-state index in [9.17, 15) is 0 Å². The Morgan fingerprint density at radius 2 is 2.11 bits per heavy atom. The van der Waals surface area contributed by atoms with Gasteiger partial charge in [-0.2, -0.15) is 5.26 Å². The highest BCUT2D eigenvalue weighted by molar-refractivity contribution is 5.71. The van der Waals surface area contributed by atoms with E-state index in [4.69, 9.17) is 15.7 Å². The summed E-state index contributed by atoms with van der Waals surface area (Å²) in [6.45, 7) is 0. The molecule has 5 heteroatoms. The highest BCUT2D eigenvalue weighted by Crippen LogP contribution is 2.28. The molecule has 1 heterocycles. The average molecular weight is 240 g/mol. The zero-order valence-electron chi connectivity index (χ0n) is 9.84. The Morgan fingerprint density at radius 1 is 1.33 bits per heavy atom. The largest absolute Gasteiger partial charge is 0.495 e. The van der Waals surface area contributed by atoms with Gasteiger partial charge < -0.3 is 15.8 Å². The van der Waals surface area contributed by atoms with Crippen LogP contribution >= 0.6 is 0 Å². The number of nitrogens with two attached hydrogens (primary N) is 1. The third-order valence-corrected chi connectivity index (χ3v) is 2.42. The van der Waals surface area contributed by atoms with Gasteiger partial charge in [0.05, 0.1) is 24.0 Å². The Morgan fingerprint density at radius 3 is 2.83 bits per heavy atom. The summed E-state index contributed by atoms with van der Waals surface area (Å²) >= 11 is 0. The van der Waals surface area contributed by atoms with Crippen LogP contribution in [-0.2, 0) is 0 Å². The standard InChI is InChI=1S/C13H12N4O/c1-18-12-5-3-2-4-10(12)17-11-6-13(15)16-8-9(11)7-14/h2-6,8H,1H3,(H3,15,16,17). The Labute approximate surface area is 105 Å². The fourth-order valence-electron chi connectivity index (χ4n) is 1.56. The van der Waals surface area contributed by atoms with E-state index in [1.54, 1.807) is 13.2 Å². The van der Waals surface area contributed by atoms with Crippen LogP contribution in [-0.4, -0.2) is 12.1 Å². The van der Waals surface area contributed by atoms with E-state index in [0.717, 1.165) is 5.69 Å². The lowest BCUT2D eigenvalue weighted by molar-refractivity contribution is 0.417. The summed E-state index contributed by atoms with van der Waals surface area (Å²) in [5, 5.41) is 12.1. The topological polar surface area (TPSA) is 84.0 Å². The van der Waals surface area contributed by atoms with E-state index in [-0.39, 0.29) is 0 Å². The molecule has 90 valence electrons. The monoisotopic (exact) mass is 240 g/mol. The molecule has 1 aromatic carbocycles. The van der Waals surface area contributed by atoms with E-state index in [1.165, 1.54) is 6.20 Å². The predicted molar refractivity (Wildman–Crippen MR) is 69.6 cm³/mol. The minimum absolute atomic E-state index is 0.353. The summed E-state index contributed by atoms with van der Waals surface area (Å²) in [6, 6.07) is 11.1. The number of hydrogen-bond acceptors (Lipinski definition) is 5. The minimum Gasteiger partial charge on any atom is -0.495 e. The first-order valence-electron chi connectivity index (χ1n) is 5.30. The van der Waals surface area contributed by atoms with Gasteiger partial charge in [-0.05, 0) is 12.1 Å². The van der Waals surface area contributed by atoms with Crippen LogP contribution in [0.25, 0.3) is 0 Å². The zero-order chi connectivity index (χ0) is 13.0. The van der Waals surface area contributed by atoms with Gasteiger partial charge in [0.25, 0.3) is 0 Å². The van der Waals surface area contributed by atoms with Crippen molar-refractivity contribution in [2.45, 2.75) is 0 Å². The number of hydrogen-bond donors (Lipinski definition) is 2. The van der Waals surface area contributed by atoms with Crippen molar-refractivity contribution >= 4 is 17.2 Å². The van der Waals surface area contributed by atoms with Gasteiger partial charge in [-0.25, -0.2) is 4.98 Å². The molecule has 0 radical (unpaired) electrons. The molecule has 0 fully saturated rings. The number of ether oxygens (including phenoxy) is 1. The SMILES string of the molecule is COc1ccccc1Nc1cc(N)ncc1C#N. The van der Waals surface area contributed by atoms with Gasteiger partial charge in [0.15, 0.2) is 0 Å². The van der Waals surface area contributed by atoms with Crippen LogP contribution in [0.4, 0.5) is 17.2 Å². The van der Waals surface area contributed by atoms with Crippen LogP contribution in [0.2, 0.25) is 0 Å². The molecule has 0 atom stereocenters. The molecule has 0 aliphatic rings. The van der Waals surface area contributed by atoms with Crippen molar-refractivity contribution in [3.63, 3.8) is 0 Å². The van der Waals surface area contributed by atoms with E-state index in [0.29, 0.717) is 22.8 Å². The second-order valence-electron chi connectivity index (χ2n) is 3.59. The molecule has 0 aliphatic carbocycles. The fourth-order valence-corrected chi connectivity index (χ4v) is 1.56. The molecule has 0 unspecified atom stereocenters. The second kappa shape index (κ2) is 5.06. The smallest absolute Gasteiger partial charge is 0.142 e. The van der Waals surface area contributed by atoms with Gasteiger partial charge >= 0.3 is 0 Å². The molecular weight excluding hydrogens is 228 g/mol. The number of nitrogens with one attached hydrogen (secondary N) is 1. The molecule has 18 heavy (non-hydrogen) atoms. The summed E-state index contributed by atoms with van der Waals surface area (Å²) in [6.07, 6.45) is 1.44. The van der Waals surface area contributed by atoms with E-state index >= 15 is 0 Å². The summed E-state index contributed by atoms with van der Waals surface area (Å²) in [5.74, 6) is 1.04. The number of para-hydroxylation sites is 2. The quantitative estimate of drug-likeness (QED) is 0.859. The summed E-state index contributed by atoms with van der Waals surface area (Å²) in [5.41, 5.74) is 7.41. The minimum atomic E-state index is 0.353. The number of pyridine rings is 1. The number of nitrogen functional groups attached to an aromatic ring is 1. The number of rotatable bonds is 3. The maximum absolute atomic E-state index is 9.01. The highest BCUT2D eigenvalue weighted by Gasteiger charge is 2.07. The first-order chi connectivity index (χ1) is 8.74. The molecule has 2 rings (SSSR count). The van der Waals surface area contributed by atoms with Gasteiger partial charge in [-0.15, -0.1) is 0 Å². The molecule has 0 bridgehead atoms. The molecule has 1 aromatic heterocycles. The van der Waals surface area contributed by atoms with Crippen molar-refractivity contribution < 1.29 is 4.74 Å². The number of nitriles is 1. The molecule has 0 aliphatic heterocycles. The Kier molecular flexibility index (Phi) is 3.30. The normalized spacial score (nSPS) is 9.56. The Bertz CT molecular complexity index is 604. The van der Waals surface area contributed by atoms with E-state index < -0.39 is 0 Å². The van der Waals surface area contributed by atoms with Crippen molar-refractivity contribution in [2.75, 3.05) is 18.2 Å². The Balaban J connectivity index is 2.40. The number of methoxy groups -OCH3 is 1. The predicted octanol–water partition coefficient (Wildman–Crippen LogP) is 2.29. The molecule has 0 saturated heterocycles. The molecular formula is C13H12N4O. The molecule has 2 aromatic rings. The average Bonchev–Trinajstić information content (AvgIpc) is 2.40. The molecule has 0 amide bonds. The lowest BCUT2D eigenvalue weighted by Crippen LogP contribution is -1.99. The van der Waals surface area contributed by atoms with Gasteiger partial charge in [0, 0.05) is 12.3 Å². The van der Waals surface area contributed by atoms with Crippen LogP contribution in [0.3, 0.4) is 0 Å². The highest BCUT2D eigenvalue weighted by atomic mass is 16.5. The first-order valence-corrected chi connectivity index (χ1v) is 5.30. The molecule has 0 spiro atoms. The van der Waals surface area contributed by atoms with Gasteiger partial charge in [-0.3, -0.25) is 0 Å². The lowest BCUT2D eigenvalue weighted by atomic mass is 10.2. The third-order valence-electron chi connectivity index (χ3n) is 2.42. The number of anilines is 3. The summed E-state index contributed by atoms with van der Waals surface area (Å²) in [4.78, 5) is 3.88. The van der Waals surface area contributed by atoms with Crippen LogP contribution in [0.15, 0.2) is 36.5 Å². The van der Waals surface area contributed by atoms with Crippen LogP contribution < -0.4 is 15.8 Å². The summed E-state index contributed by atoms with van der Waals surface area (Å²) < 4.78 is 5.23. The van der Waals surface area contributed by atoms with Crippen molar-refractivity contribution in [2.24, 2.45) is 0 Å². The van der Waals surface area contributed by atoms with Gasteiger partial charge in [-0.1, -0.05) is 12.1 Å². The maximum atomic E-state index is 9.01. The van der Waals surface area contributed by atoms with Gasteiger partial charge in [0.1, 0.15) is 17.6 Å². The first kappa shape index (κ1) is 11.7.